The summed E-state index contributed by atoms with van der Waals surface area (Å²) in [4.78, 5) is 29.0. The number of anilines is 1. The zero-order chi connectivity index (χ0) is 27.9. The maximum Gasteiger partial charge on any atom is 0.410 e. The molecule has 0 unspecified atom stereocenters. The molecule has 0 heterocycles. The molecule has 0 spiro atoms. The summed E-state index contributed by atoms with van der Waals surface area (Å²) in [5.74, 6) is -0.515. The van der Waals surface area contributed by atoms with Crippen LogP contribution in [0.1, 0.15) is 72.6 Å². The molecule has 1 N–H and O–H groups in total. The Morgan fingerprint density at radius 3 is 2.19 bits per heavy atom. The van der Waals surface area contributed by atoms with Crippen molar-refractivity contribution < 1.29 is 22.7 Å². The molecule has 0 aromatic heterocycles. The van der Waals surface area contributed by atoms with E-state index in [0.717, 1.165) is 22.9 Å². The number of carbonyl (C=O) groups is 2. The van der Waals surface area contributed by atoms with Crippen molar-refractivity contribution in [3.63, 3.8) is 0 Å². The molecule has 11 heteroatoms. The Morgan fingerprint density at radius 1 is 1.00 bits per heavy atom. The van der Waals surface area contributed by atoms with E-state index in [2.05, 4.69) is 4.72 Å². The number of nitrogens with zero attached hydrogens (tertiary/aromatic N) is 2. The minimum Gasteiger partial charge on any atom is -0.444 e. The third-order valence-electron chi connectivity index (χ3n) is 6.11. The molecule has 0 fully saturated rings. The van der Waals surface area contributed by atoms with Crippen molar-refractivity contribution in [2.24, 2.45) is 0 Å². The number of rotatable bonds is 5. The molecule has 1 aliphatic carbocycles. The van der Waals surface area contributed by atoms with E-state index < -0.39 is 27.8 Å². The Bertz CT molecular complexity index is 1320. The van der Waals surface area contributed by atoms with Crippen LogP contribution in [0.2, 0.25) is 10.0 Å². The fourth-order valence-electron chi connectivity index (χ4n) is 4.50. The highest BCUT2D eigenvalue weighted by molar-refractivity contribution is 7.92. The quantitative estimate of drug-likeness (QED) is 0.483. The maximum absolute atomic E-state index is 13.1. The van der Waals surface area contributed by atoms with Crippen LogP contribution in [0.25, 0.3) is 0 Å². The molecule has 0 bridgehead atoms. The van der Waals surface area contributed by atoms with E-state index in [4.69, 9.17) is 27.9 Å². The largest absolute Gasteiger partial charge is 0.444 e. The Labute approximate surface area is 228 Å². The van der Waals surface area contributed by atoms with Gasteiger partial charge >= 0.3 is 6.09 Å². The average molecular weight is 571 g/mol. The normalized spacial score (nSPS) is 17.5. The first-order valence-corrected chi connectivity index (χ1v) is 14.4. The Kier molecular flexibility index (Phi) is 8.41. The summed E-state index contributed by atoms with van der Waals surface area (Å²) >= 11 is 12.5. The summed E-state index contributed by atoms with van der Waals surface area (Å²) in [6, 6.07) is 8.37. The van der Waals surface area contributed by atoms with Gasteiger partial charge in [0.25, 0.3) is 5.91 Å². The standard InChI is InChI=1S/C26H33Cl2N3O5S/c1-26(2,3)36-25(33)31(6)23-11-9-16(15-8-10-20(27)21(28)12-15)17-13-19(24(32)30(4)5)22(14-18(17)23)29-37(7,34)35/h8,10,12-14,16,23,29H,9,11H2,1-7H3/t16-,23-/m0/s1. The van der Waals surface area contributed by atoms with E-state index in [1.165, 1.54) is 9.80 Å². The third kappa shape index (κ3) is 6.89. The number of amides is 2. The van der Waals surface area contributed by atoms with Gasteiger partial charge in [-0.2, -0.15) is 0 Å². The number of carbonyl (C=O) groups excluding carboxylic acids is 2. The van der Waals surface area contributed by atoms with E-state index in [1.807, 2.05) is 6.07 Å². The fourth-order valence-corrected chi connectivity index (χ4v) is 5.37. The lowest BCUT2D eigenvalue weighted by atomic mass is 9.75. The number of sulfonamides is 1. The topological polar surface area (TPSA) is 96.0 Å². The SMILES string of the molecule is CN(C)C(=O)c1cc2c(cc1NS(C)(=O)=O)[C@@H](N(C)C(=O)OC(C)(C)C)CC[C@H]2c1ccc(Cl)c(Cl)c1. The van der Waals surface area contributed by atoms with Gasteiger partial charge in [0.15, 0.2) is 0 Å². The lowest BCUT2D eigenvalue weighted by Crippen LogP contribution is -2.38. The van der Waals surface area contributed by atoms with Gasteiger partial charge in [-0.15, -0.1) is 0 Å². The van der Waals surface area contributed by atoms with Crippen LogP contribution in [0.4, 0.5) is 10.5 Å². The van der Waals surface area contributed by atoms with Gasteiger partial charge in [-0.25, -0.2) is 13.2 Å². The molecular formula is C26H33Cl2N3O5S. The van der Waals surface area contributed by atoms with E-state index in [0.29, 0.717) is 22.9 Å². The van der Waals surface area contributed by atoms with Gasteiger partial charge in [-0.1, -0.05) is 29.3 Å². The number of hydrogen-bond acceptors (Lipinski definition) is 5. The summed E-state index contributed by atoms with van der Waals surface area (Å²) in [5.41, 5.74) is 2.10. The molecule has 2 atom stereocenters. The van der Waals surface area contributed by atoms with Crippen LogP contribution in [0.3, 0.4) is 0 Å². The Morgan fingerprint density at radius 2 is 1.65 bits per heavy atom. The van der Waals surface area contributed by atoms with Crippen LogP contribution >= 0.6 is 23.2 Å². The molecule has 0 radical (unpaired) electrons. The minimum absolute atomic E-state index is 0.150. The van der Waals surface area contributed by atoms with Crippen molar-refractivity contribution in [3.05, 3.63) is 62.6 Å². The van der Waals surface area contributed by atoms with Gasteiger partial charge in [0, 0.05) is 27.1 Å². The second-order valence-corrected chi connectivity index (χ2v) is 13.1. The molecular weight excluding hydrogens is 537 g/mol. The predicted octanol–water partition coefficient (Wildman–Crippen LogP) is 5.90. The van der Waals surface area contributed by atoms with E-state index in [-0.39, 0.29) is 23.1 Å². The number of hydrogen-bond donors (Lipinski definition) is 1. The zero-order valence-corrected chi connectivity index (χ0v) is 24.4. The van der Waals surface area contributed by atoms with Crippen molar-refractivity contribution in [2.45, 2.75) is 51.2 Å². The molecule has 8 nitrogen and oxygen atoms in total. The highest BCUT2D eigenvalue weighted by atomic mass is 35.5. The molecule has 37 heavy (non-hydrogen) atoms. The second kappa shape index (κ2) is 10.7. The molecule has 2 amide bonds. The molecule has 0 saturated heterocycles. The van der Waals surface area contributed by atoms with Gasteiger partial charge in [0.2, 0.25) is 10.0 Å². The lowest BCUT2D eigenvalue weighted by molar-refractivity contribution is 0.0202. The first-order valence-electron chi connectivity index (χ1n) is 11.8. The molecule has 0 aliphatic heterocycles. The van der Waals surface area contributed by atoms with Gasteiger partial charge < -0.3 is 14.5 Å². The zero-order valence-electron chi connectivity index (χ0n) is 22.1. The molecule has 2 aromatic carbocycles. The molecule has 2 aromatic rings. The van der Waals surface area contributed by atoms with Gasteiger partial charge in [-0.3, -0.25) is 9.52 Å². The van der Waals surface area contributed by atoms with E-state index >= 15 is 0 Å². The smallest absolute Gasteiger partial charge is 0.410 e. The van der Waals surface area contributed by atoms with Crippen LogP contribution < -0.4 is 4.72 Å². The van der Waals surface area contributed by atoms with Crippen LogP contribution in [0.15, 0.2) is 30.3 Å². The number of ether oxygens (including phenoxy) is 1. The number of fused-ring (bicyclic) bond motifs is 1. The van der Waals surface area contributed by atoms with Crippen LogP contribution in [-0.2, 0) is 14.8 Å². The van der Waals surface area contributed by atoms with E-state index in [1.54, 1.807) is 66.2 Å². The third-order valence-corrected chi connectivity index (χ3v) is 7.44. The van der Waals surface area contributed by atoms with Crippen molar-refractivity contribution in [1.82, 2.24) is 9.80 Å². The first kappa shape index (κ1) is 29.1. The highest BCUT2D eigenvalue weighted by Crippen LogP contribution is 2.46. The van der Waals surface area contributed by atoms with Crippen molar-refractivity contribution in [2.75, 3.05) is 32.1 Å². The van der Waals surface area contributed by atoms with E-state index in [9.17, 15) is 18.0 Å². The van der Waals surface area contributed by atoms with Crippen molar-refractivity contribution in [3.8, 4) is 0 Å². The van der Waals surface area contributed by atoms with Crippen molar-refractivity contribution in [1.29, 1.82) is 0 Å². The monoisotopic (exact) mass is 569 g/mol. The van der Waals surface area contributed by atoms with Crippen LogP contribution in [0, 0.1) is 0 Å². The summed E-state index contributed by atoms with van der Waals surface area (Å²) < 4.78 is 32.5. The van der Waals surface area contributed by atoms with Gasteiger partial charge in [0.1, 0.15) is 5.60 Å². The number of benzene rings is 2. The summed E-state index contributed by atoms with van der Waals surface area (Å²) in [6.07, 6.45) is 1.76. The number of nitrogens with one attached hydrogen (secondary N) is 1. The van der Waals surface area contributed by atoms with Crippen LogP contribution in [-0.4, -0.2) is 63.2 Å². The Balaban J connectivity index is 2.24. The first-order chi connectivity index (χ1) is 17.0. The van der Waals surface area contributed by atoms with Gasteiger partial charge in [-0.05, 0) is 74.6 Å². The molecule has 202 valence electrons. The van der Waals surface area contributed by atoms with Gasteiger partial charge in [0.05, 0.1) is 33.6 Å². The predicted molar refractivity (Wildman–Crippen MR) is 147 cm³/mol. The van der Waals surface area contributed by atoms with Crippen LogP contribution in [0.5, 0.6) is 0 Å². The summed E-state index contributed by atoms with van der Waals surface area (Å²) in [5, 5.41) is 0.842. The summed E-state index contributed by atoms with van der Waals surface area (Å²) in [6.45, 7) is 5.38. The minimum atomic E-state index is -3.70. The van der Waals surface area contributed by atoms with Crippen molar-refractivity contribution >= 4 is 50.9 Å². The maximum atomic E-state index is 13.1. The fraction of sp³-hybridized carbons (Fsp3) is 0.462. The second-order valence-electron chi connectivity index (χ2n) is 10.5. The lowest BCUT2D eigenvalue weighted by Gasteiger charge is -2.38. The molecule has 1 aliphatic rings. The molecule has 3 rings (SSSR count). The molecule has 0 saturated carbocycles. The Hall–Kier alpha value is -2.49. The highest BCUT2D eigenvalue weighted by Gasteiger charge is 2.36. The number of halogens is 2. The average Bonchev–Trinajstić information content (AvgIpc) is 2.76. The summed E-state index contributed by atoms with van der Waals surface area (Å²) in [7, 11) is 1.16.